The fraction of sp³-hybridized carbons (Fsp3) is 0. The number of sulfonamides is 1. The molecule has 0 bridgehead atoms. The van der Waals surface area contributed by atoms with Gasteiger partial charge in [0.1, 0.15) is 0 Å². The number of para-hydroxylation sites is 1. The first-order valence-corrected chi connectivity index (χ1v) is 10.3. The second-order valence-corrected chi connectivity index (χ2v) is 8.38. The molecule has 0 saturated carbocycles. The summed E-state index contributed by atoms with van der Waals surface area (Å²) in [4.78, 5) is 12.4. The lowest BCUT2D eigenvalue weighted by Crippen LogP contribution is -2.14. The molecule has 0 saturated heterocycles. The van der Waals surface area contributed by atoms with Crippen molar-refractivity contribution in [2.75, 3.05) is 10.0 Å². The van der Waals surface area contributed by atoms with Gasteiger partial charge in [-0.1, -0.05) is 18.2 Å². The number of hydrogen-bond acceptors (Lipinski definition) is 3. The number of anilines is 2. The Kier molecular flexibility index (Phi) is 5.58. The molecular formula is C19H15IN2O3S. The summed E-state index contributed by atoms with van der Waals surface area (Å²) in [5.74, 6) is -0.300. The first-order chi connectivity index (χ1) is 12.4. The van der Waals surface area contributed by atoms with E-state index in [0.717, 1.165) is 3.57 Å². The van der Waals surface area contributed by atoms with Crippen molar-refractivity contribution in [3.05, 3.63) is 88.0 Å². The van der Waals surface area contributed by atoms with Gasteiger partial charge < -0.3 is 5.32 Å². The van der Waals surface area contributed by atoms with Crippen LogP contribution in [0.2, 0.25) is 0 Å². The summed E-state index contributed by atoms with van der Waals surface area (Å²) in [6.07, 6.45) is 0. The summed E-state index contributed by atoms with van der Waals surface area (Å²) in [5.41, 5.74) is 1.54. The molecule has 0 aliphatic carbocycles. The van der Waals surface area contributed by atoms with Crippen LogP contribution in [0, 0.1) is 3.57 Å². The molecule has 0 unspecified atom stereocenters. The van der Waals surface area contributed by atoms with E-state index in [1.165, 1.54) is 24.3 Å². The number of benzene rings is 3. The van der Waals surface area contributed by atoms with Crippen molar-refractivity contribution in [3.8, 4) is 0 Å². The van der Waals surface area contributed by atoms with Gasteiger partial charge in [-0.2, -0.15) is 0 Å². The Balaban J connectivity index is 1.73. The molecule has 3 aromatic rings. The topological polar surface area (TPSA) is 75.3 Å². The summed E-state index contributed by atoms with van der Waals surface area (Å²) in [6.45, 7) is 0. The molecule has 26 heavy (non-hydrogen) atoms. The number of hydrogen-bond donors (Lipinski definition) is 2. The quantitative estimate of drug-likeness (QED) is 0.536. The van der Waals surface area contributed by atoms with E-state index in [9.17, 15) is 13.2 Å². The smallest absolute Gasteiger partial charge is 0.261 e. The monoisotopic (exact) mass is 478 g/mol. The molecule has 2 N–H and O–H groups in total. The van der Waals surface area contributed by atoms with E-state index < -0.39 is 10.0 Å². The summed E-state index contributed by atoms with van der Waals surface area (Å²) >= 11 is 2.18. The Morgan fingerprint density at radius 3 is 2.00 bits per heavy atom. The minimum Gasteiger partial charge on any atom is -0.322 e. The van der Waals surface area contributed by atoms with Gasteiger partial charge in [0.25, 0.3) is 15.9 Å². The van der Waals surface area contributed by atoms with Gasteiger partial charge in [0.15, 0.2) is 0 Å². The summed E-state index contributed by atoms with van der Waals surface area (Å²) < 4.78 is 28.4. The summed E-state index contributed by atoms with van der Waals surface area (Å²) in [7, 11) is -3.70. The predicted molar refractivity (Wildman–Crippen MR) is 111 cm³/mol. The molecule has 7 heteroatoms. The average molecular weight is 478 g/mol. The van der Waals surface area contributed by atoms with E-state index in [1.54, 1.807) is 30.3 Å². The van der Waals surface area contributed by atoms with Gasteiger partial charge in [0.2, 0.25) is 0 Å². The molecule has 0 spiro atoms. The van der Waals surface area contributed by atoms with Crippen LogP contribution in [-0.4, -0.2) is 14.3 Å². The normalized spacial score (nSPS) is 11.0. The van der Waals surface area contributed by atoms with Crippen LogP contribution in [0.1, 0.15) is 10.4 Å². The molecule has 3 aromatic carbocycles. The van der Waals surface area contributed by atoms with Crippen LogP contribution >= 0.6 is 22.6 Å². The van der Waals surface area contributed by atoms with Crippen molar-refractivity contribution in [1.82, 2.24) is 0 Å². The van der Waals surface area contributed by atoms with Crippen molar-refractivity contribution in [3.63, 3.8) is 0 Å². The molecule has 0 fully saturated rings. The standard InChI is InChI=1S/C19H15IN2O3S/c20-15-8-10-16(11-9-15)21-19(23)14-6-12-18(13-7-14)26(24,25)22-17-4-2-1-3-5-17/h1-13,22H,(H,21,23). The van der Waals surface area contributed by atoms with Gasteiger partial charge in [-0.3, -0.25) is 9.52 Å². The predicted octanol–water partition coefficient (Wildman–Crippen LogP) is 4.34. The average Bonchev–Trinajstić information content (AvgIpc) is 2.64. The third-order valence-electron chi connectivity index (χ3n) is 3.55. The van der Waals surface area contributed by atoms with Gasteiger partial charge in [0.05, 0.1) is 4.90 Å². The van der Waals surface area contributed by atoms with Crippen LogP contribution in [-0.2, 0) is 10.0 Å². The molecule has 132 valence electrons. The SMILES string of the molecule is O=C(Nc1ccc(I)cc1)c1ccc(S(=O)(=O)Nc2ccccc2)cc1. The van der Waals surface area contributed by atoms with E-state index in [4.69, 9.17) is 0 Å². The van der Waals surface area contributed by atoms with Crippen LogP contribution in [0.25, 0.3) is 0 Å². The third-order valence-corrected chi connectivity index (χ3v) is 5.67. The Hall–Kier alpha value is -2.39. The lowest BCUT2D eigenvalue weighted by atomic mass is 10.2. The van der Waals surface area contributed by atoms with E-state index in [2.05, 4.69) is 32.6 Å². The maximum Gasteiger partial charge on any atom is 0.261 e. The van der Waals surface area contributed by atoms with Crippen LogP contribution < -0.4 is 10.0 Å². The van der Waals surface area contributed by atoms with Crippen molar-refractivity contribution in [2.24, 2.45) is 0 Å². The van der Waals surface area contributed by atoms with Crippen LogP contribution in [0.4, 0.5) is 11.4 Å². The van der Waals surface area contributed by atoms with Gasteiger partial charge in [-0.25, -0.2) is 8.42 Å². The zero-order valence-corrected chi connectivity index (χ0v) is 16.5. The van der Waals surface area contributed by atoms with Gasteiger partial charge >= 0.3 is 0 Å². The number of rotatable bonds is 5. The lowest BCUT2D eigenvalue weighted by molar-refractivity contribution is 0.102. The molecular weight excluding hydrogens is 463 g/mol. The van der Waals surface area contributed by atoms with E-state index >= 15 is 0 Å². The minimum atomic E-state index is -3.70. The van der Waals surface area contributed by atoms with E-state index in [-0.39, 0.29) is 10.8 Å². The first kappa shape index (κ1) is 18.4. The Morgan fingerprint density at radius 1 is 0.769 bits per heavy atom. The molecule has 0 aliphatic rings. The minimum absolute atomic E-state index is 0.0900. The van der Waals surface area contributed by atoms with Gasteiger partial charge in [-0.05, 0) is 83.3 Å². The third kappa shape index (κ3) is 4.61. The molecule has 1 amide bonds. The molecule has 0 radical (unpaired) electrons. The second-order valence-electron chi connectivity index (χ2n) is 5.46. The van der Waals surface area contributed by atoms with E-state index in [1.807, 2.05) is 24.3 Å². The van der Waals surface area contributed by atoms with Gasteiger partial charge in [0, 0.05) is 20.5 Å². The van der Waals surface area contributed by atoms with Crippen LogP contribution in [0.15, 0.2) is 83.8 Å². The maximum atomic E-state index is 12.4. The largest absolute Gasteiger partial charge is 0.322 e. The highest BCUT2D eigenvalue weighted by Gasteiger charge is 2.15. The lowest BCUT2D eigenvalue weighted by Gasteiger charge is -2.09. The highest BCUT2D eigenvalue weighted by Crippen LogP contribution is 2.17. The van der Waals surface area contributed by atoms with Crippen LogP contribution in [0.3, 0.4) is 0 Å². The first-order valence-electron chi connectivity index (χ1n) is 7.69. The fourth-order valence-electron chi connectivity index (χ4n) is 2.24. The number of nitrogens with one attached hydrogen (secondary N) is 2. The van der Waals surface area contributed by atoms with Crippen molar-refractivity contribution in [1.29, 1.82) is 0 Å². The second kappa shape index (κ2) is 7.88. The number of amides is 1. The maximum absolute atomic E-state index is 12.4. The van der Waals surface area contributed by atoms with Crippen LogP contribution in [0.5, 0.6) is 0 Å². The Morgan fingerprint density at radius 2 is 1.38 bits per heavy atom. The van der Waals surface area contributed by atoms with E-state index in [0.29, 0.717) is 16.9 Å². The zero-order valence-electron chi connectivity index (χ0n) is 13.5. The molecule has 5 nitrogen and oxygen atoms in total. The molecule has 0 aliphatic heterocycles. The van der Waals surface area contributed by atoms with Crippen molar-refractivity contribution in [2.45, 2.75) is 4.90 Å². The van der Waals surface area contributed by atoms with Crippen molar-refractivity contribution < 1.29 is 13.2 Å². The molecule has 0 atom stereocenters. The molecule has 0 heterocycles. The highest BCUT2D eigenvalue weighted by molar-refractivity contribution is 14.1. The Bertz CT molecular complexity index is 1000. The number of halogens is 1. The number of carbonyl (C=O) groups is 1. The van der Waals surface area contributed by atoms with Gasteiger partial charge in [-0.15, -0.1) is 0 Å². The fourth-order valence-corrected chi connectivity index (χ4v) is 3.66. The highest BCUT2D eigenvalue weighted by atomic mass is 127. The zero-order chi connectivity index (χ0) is 18.6. The van der Waals surface area contributed by atoms with Crippen molar-refractivity contribution >= 4 is 49.9 Å². The molecule has 3 rings (SSSR count). The summed E-state index contributed by atoms with van der Waals surface area (Å²) in [5, 5.41) is 2.78. The Labute approximate surface area is 165 Å². The molecule has 0 aromatic heterocycles. The number of carbonyl (C=O) groups excluding carboxylic acids is 1. The summed E-state index contributed by atoms with van der Waals surface area (Å²) in [6, 6.07) is 21.8.